The Kier molecular flexibility index (Phi) is 14.9. The van der Waals surface area contributed by atoms with Gasteiger partial charge in [0.1, 0.15) is 24.2 Å². The third-order valence-electron chi connectivity index (χ3n) is 9.43. The fraction of sp³-hybridized carbons (Fsp3) is 0.256. The second-order valence-corrected chi connectivity index (χ2v) is 15.1. The number of nitrogens with one attached hydrogen (secondary N) is 4. The van der Waals surface area contributed by atoms with Crippen molar-refractivity contribution in [1.29, 1.82) is 0 Å². The number of nitrogens with two attached hydrogens (primary N) is 3. The molecule has 0 heterocycles. The number of carbonyl (C=O) groups excluding carboxylic acids is 5. The third kappa shape index (κ3) is 12.7. The van der Waals surface area contributed by atoms with Crippen molar-refractivity contribution >= 4 is 79.6 Å². The van der Waals surface area contributed by atoms with E-state index in [4.69, 9.17) is 17.2 Å². The molecule has 296 valence electrons. The van der Waals surface area contributed by atoms with E-state index in [1.54, 1.807) is 0 Å². The number of halogens is 1. The molecule has 14 heteroatoms. The number of hydrogen-bond acceptors (Lipinski definition) is 6. The van der Waals surface area contributed by atoms with E-state index in [0.29, 0.717) is 6.42 Å². The van der Waals surface area contributed by atoms with Crippen molar-refractivity contribution in [2.45, 2.75) is 63.2 Å². The fourth-order valence-corrected chi connectivity index (χ4v) is 6.89. The first-order valence-electron chi connectivity index (χ1n) is 18.6. The highest BCUT2D eigenvalue weighted by atomic mass is 127. The molecule has 0 aromatic heterocycles. The van der Waals surface area contributed by atoms with Gasteiger partial charge in [-0.3, -0.25) is 29.0 Å². The summed E-state index contributed by atoms with van der Waals surface area (Å²) in [5.74, 6) is -3.17. The average molecular weight is 883 g/mol. The lowest BCUT2D eigenvalue weighted by Gasteiger charge is -2.26. The lowest BCUT2D eigenvalue weighted by atomic mass is 9.99. The van der Waals surface area contributed by atoms with Crippen LogP contribution < -0.4 is 38.5 Å². The van der Waals surface area contributed by atoms with Gasteiger partial charge in [-0.15, -0.1) is 0 Å². The van der Waals surface area contributed by atoms with Gasteiger partial charge in [-0.25, -0.2) is 0 Å². The van der Waals surface area contributed by atoms with Crippen LogP contribution >= 0.6 is 22.6 Å². The van der Waals surface area contributed by atoms with Crippen molar-refractivity contribution in [2.75, 3.05) is 6.54 Å². The molecule has 0 bridgehead atoms. The Morgan fingerprint density at radius 1 is 0.561 bits per heavy atom. The molecule has 57 heavy (non-hydrogen) atoms. The second-order valence-electron chi connectivity index (χ2n) is 13.9. The highest BCUT2D eigenvalue weighted by molar-refractivity contribution is 14.1. The SMILES string of the molecule is CC(=O)N[C@H](Cc1ccc2ccccc2c1)C(=O)N[C@@H](CCCN=C(N)N)C(=O)N[C@H](Cc1ccc(I)cc1)C(=O)N[C@H](Cc1ccc2ccccc2c1)C(N)=O. The summed E-state index contributed by atoms with van der Waals surface area (Å²) in [6, 6.07) is 30.1. The Bertz CT molecular complexity index is 2260. The monoisotopic (exact) mass is 882 g/mol. The minimum atomic E-state index is -1.17. The van der Waals surface area contributed by atoms with E-state index in [1.165, 1.54) is 6.92 Å². The molecular weight excluding hydrogens is 835 g/mol. The van der Waals surface area contributed by atoms with Gasteiger partial charge in [-0.1, -0.05) is 97.1 Å². The highest BCUT2D eigenvalue weighted by Gasteiger charge is 2.31. The van der Waals surface area contributed by atoms with E-state index in [-0.39, 0.29) is 38.2 Å². The molecule has 0 aliphatic carbocycles. The van der Waals surface area contributed by atoms with Crippen molar-refractivity contribution in [3.8, 4) is 0 Å². The van der Waals surface area contributed by atoms with Crippen LogP contribution in [-0.4, -0.2) is 66.2 Å². The van der Waals surface area contributed by atoms with Crippen molar-refractivity contribution < 1.29 is 24.0 Å². The molecule has 0 aliphatic rings. The van der Waals surface area contributed by atoms with Gasteiger partial charge in [0.05, 0.1) is 0 Å². The van der Waals surface area contributed by atoms with Gasteiger partial charge < -0.3 is 38.5 Å². The van der Waals surface area contributed by atoms with Crippen molar-refractivity contribution in [3.63, 3.8) is 0 Å². The molecule has 0 saturated heterocycles. The summed E-state index contributed by atoms with van der Waals surface area (Å²) in [7, 11) is 0. The predicted octanol–water partition coefficient (Wildman–Crippen LogP) is 3.12. The highest BCUT2D eigenvalue weighted by Crippen LogP contribution is 2.19. The molecular formula is C43H47IN8O5. The van der Waals surface area contributed by atoms with Gasteiger partial charge in [0, 0.05) is 36.3 Å². The first-order valence-corrected chi connectivity index (χ1v) is 19.6. The number of amides is 5. The van der Waals surface area contributed by atoms with Gasteiger partial charge in [-0.2, -0.15) is 0 Å². The summed E-state index contributed by atoms with van der Waals surface area (Å²) in [6.45, 7) is 1.49. The zero-order chi connectivity index (χ0) is 40.9. The standard InChI is InChI=1S/C43H47IN8O5/c1-26(53)49-37(25-29-13-17-31-8-3-5-10-33(31)22-29)41(56)50-35(11-6-20-48-43(46)47)40(55)52-38(23-27-14-18-34(44)19-15-27)42(57)51-36(39(45)54)24-28-12-16-30-7-2-4-9-32(30)21-28/h2-5,7-10,12-19,21-22,35-38H,6,11,20,23-25H2,1H3,(H2,45,54)(H,49,53)(H,50,56)(H,51,57)(H,52,55)(H4,46,47,48)/t35-,36+,37+,38+/m0/s1. The van der Waals surface area contributed by atoms with Crippen molar-refractivity contribution in [3.05, 3.63) is 129 Å². The van der Waals surface area contributed by atoms with E-state index in [2.05, 4.69) is 48.9 Å². The smallest absolute Gasteiger partial charge is 0.243 e. The first-order chi connectivity index (χ1) is 27.3. The van der Waals surface area contributed by atoms with Crippen molar-refractivity contribution in [2.24, 2.45) is 22.2 Å². The van der Waals surface area contributed by atoms with Crippen LogP contribution in [0.5, 0.6) is 0 Å². The Hall–Kier alpha value is -6.03. The summed E-state index contributed by atoms with van der Waals surface area (Å²) in [5.41, 5.74) is 19.2. The van der Waals surface area contributed by atoms with Gasteiger partial charge in [0.2, 0.25) is 29.5 Å². The Morgan fingerprint density at radius 2 is 1.00 bits per heavy atom. The topological polar surface area (TPSA) is 224 Å². The molecule has 5 amide bonds. The zero-order valence-corrected chi connectivity index (χ0v) is 33.7. The van der Waals surface area contributed by atoms with Crippen molar-refractivity contribution in [1.82, 2.24) is 21.3 Å². The lowest BCUT2D eigenvalue weighted by molar-refractivity contribution is -0.134. The van der Waals surface area contributed by atoms with Crippen LogP contribution in [0.4, 0.5) is 0 Å². The summed E-state index contributed by atoms with van der Waals surface area (Å²) < 4.78 is 0.978. The van der Waals surface area contributed by atoms with Crippen LogP contribution in [0.15, 0.2) is 114 Å². The molecule has 10 N–H and O–H groups in total. The summed E-state index contributed by atoms with van der Waals surface area (Å²) in [6.07, 6.45) is 0.751. The number of carbonyl (C=O) groups is 5. The minimum Gasteiger partial charge on any atom is -0.370 e. The molecule has 5 aromatic rings. The molecule has 13 nitrogen and oxygen atoms in total. The number of rotatable bonds is 18. The van der Waals surface area contributed by atoms with E-state index in [9.17, 15) is 24.0 Å². The summed E-state index contributed by atoms with van der Waals surface area (Å²) in [5, 5.41) is 15.1. The van der Waals surface area contributed by atoms with E-state index >= 15 is 0 Å². The maximum absolute atomic E-state index is 14.2. The normalized spacial score (nSPS) is 13.1. The number of nitrogens with zero attached hydrogens (tertiary/aromatic N) is 1. The molecule has 0 saturated carbocycles. The first kappa shape index (κ1) is 42.1. The molecule has 0 spiro atoms. The predicted molar refractivity (Wildman–Crippen MR) is 231 cm³/mol. The summed E-state index contributed by atoms with van der Waals surface area (Å²) >= 11 is 2.17. The molecule has 0 radical (unpaired) electrons. The minimum absolute atomic E-state index is 0.0705. The average Bonchev–Trinajstić information content (AvgIpc) is 3.18. The Morgan fingerprint density at radius 3 is 1.53 bits per heavy atom. The number of benzene rings is 5. The fourth-order valence-electron chi connectivity index (χ4n) is 6.54. The number of primary amides is 1. The van der Waals surface area contributed by atoms with Crippen LogP contribution in [0.25, 0.3) is 21.5 Å². The lowest BCUT2D eigenvalue weighted by Crippen LogP contribution is -2.59. The third-order valence-corrected chi connectivity index (χ3v) is 10.1. The quantitative estimate of drug-likeness (QED) is 0.0301. The number of guanidine groups is 1. The van der Waals surface area contributed by atoms with Gasteiger partial charge >= 0.3 is 0 Å². The molecule has 0 unspecified atom stereocenters. The molecule has 5 aromatic carbocycles. The van der Waals surface area contributed by atoms with Crippen LogP contribution in [0, 0.1) is 3.57 Å². The molecule has 0 aliphatic heterocycles. The Labute approximate surface area is 344 Å². The van der Waals surface area contributed by atoms with E-state index < -0.39 is 53.7 Å². The maximum atomic E-state index is 14.2. The van der Waals surface area contributed by atoms with Gasteiger partial charge in [0.15, 0.2) is 5.96 Å². The van der Waals surface area contributed by atoms with E-state index in [1.807, 2.05) is 109 Å². The van der Waals surface area contributed by atoms with Crippen LogP contribution in [-0.2, 0) is 43.2 Å². The summed E-state index contributed by atoms with van der Waals surface area (Å²) in [4.78, 5) is 71.2. The second kappa shape index (κ2) is 20.2. The van der Waals surface area contributed by atoms with Gasteiger partial charge in [-0.05, 0) is 85.8 Å². The Balaban J connectivity index is 1.37. The number of aliphatic imine (C=N–C) groups is 1. The molecule has 4 atom stereocenters. The number of fused-ring (bicyclic) bond motifs is 2. The number of hydrogen-bond donors (Lipinski definition) is 7. The molecule has 5 rings (SSSR count). The van der Waals surface area contributed by atoms with Crippen LogP contribution in [0.2, 0.25) is 0 Å². The zero-order valence-electron chi connectivity index (χ0n) is 31.5. The van der Waals surface area contributed by atoms with Crippen LogP contribution in [0.1, 0.15) is 36.5 Å². The largest absolute Gasteiger partial charge is 0.370 e. The maximum Gasteiger partial charge on any atom is 0.243 e. The van der Waals surface area contributed by atoms with Crippen LogP contribution in [0.3, 0.4) is 0 Å². The van der Waals surface area contributed by atoms with E-state index in [0.717, 1.165) is 41.8 Å². The van der Waals surface area contributed by atoms with Gasteiger partial charge in [0.25, 0.3) is 0 Å². The molecule has 0 fully saturated rings.